The first kappa shape index (κ1) is 8.08. The Bertz CT molecular complexity index is 215. The molecule has 1 nitrogen and oxygen atoms in total. The Morgan fingerprint density at radius 1 is 1.20 bits per heavy atom. The van der Waals surface area contributed by atoms with Crippen molar-refractivity contribution in [2.75, 3.05) is 7.11 Å². The molecule has 0 spiro atoms. The van der Waals surface area contributed by atoms with Crippen molar-refractivity contribution >= 4 is 31.9 Å². The lowest BCUT2D eigenvalue weighted by Crippen LogP contribution is -1.84. The summed E-state index contributed by atoms with van der Waals surface area (Å²) >= 11 is 6.70. The average molecular weight is 266 g/mol. The van der Waals surface area contributed by atoms with Gasteiger partial charge in [0.1, 0.15) is 5.75 Å². The highest BCUT2D eigenvalue weighted by molar-refractivity contribution is 9.11. The van der Waals surface area contributed by atoms with E-state index in [4.69, 9.17) is 4.74 Å². The molecule has 54 valence electrons. The van der Waals surface area contributed by atoms with E-state index in [-0.39, 0.29) is 0 Å². The number of ether oxygens (including phenoxy) is 1. The van der Waals surface area contributed by atoms with Crippen LogP contribution in [-0.4, -0.2) is 7.11 Å². The second kappa shape index (κ2) is 3.39. The number of hydrogen-bond donors (Lipinski definition) is 0. The van der Waals surface area contributed by atoms with E-state index in [9.17, 15) is 0 Å². The quantitative estimate of drug-likeness (QED) is 0.758. The van der Waals surface area contributed by atoms with Gasteiger partial charge in [-0.1, -0.05) is 6.07 Å². The molecule has 0 atom stereocenters. The van der Waals surface area contributed by atoms with E-state index in [1.54, 1.807) is 7.11 Å². The van der Waals surface area contributed by atoms with Gasteiger partial charge in [0, 0.05) is 0 Å². The topological polar surface area (TPSA) is 9.23 Å². The minimum atomic E-state index is 0.836. The summed E-state index contributed by atoms with van der Waals surface area (Å²) < 4.78 is 7.01. The lowest BCUT2D eigenvalue weighted by Gasteiger charge is -2.03. The van der Waals surface area contributed by atoms with Gasteiger partial charge in [-0.3, -0.25) is 0 Å². The van der Waals surface area contributed by atoms with Crippen molar-refractivity contribution in [3.8, 4) is 5.75 Å². The summed E-state index contributed by atoms with van der Waals surface area (Å²) in [6.07, 6.45) is 0. The summed E-state index contributed by atoms with van der Waals surface area (Å²) in [5, 5.41) is 0. The first-order valence-electron chi connectivity index (χ1n) is 2.73. The summed E-state index contributed by atoms with van der Waals surface area (Å²) in [4.78, 5) is 0. The van der Waals surface area contributed by atoms with Gasteiger partial charge in [0.25, 0.3) is 0 Å². The van der Waals surface area contributed by atoms with Gasteiger partial charge in [0.05, 0.1) is 16.1 Å². The number of rotatable bonds is 1. The van der Waals surface area contributed by atoms with E-state index in [1.165, 1.54) is 0 Å². The van der Waals surface area contributed by atoms with Gasteiger partial charge in [0.15, 0.2) is 0 Å². The van der Waals surface area contributed by atoms with Crippen molar-refractivity contribution in [3.05, 3.63) is 27.1 Å². The number of methoxy groups -OCH3 is 1. The van der Waals surface area contributed by atoms with E-state index in [2.05, 4.69) is 31.9 Å². The van der Waals surface area contributed by atoms with E-state index in [1.807, 2.05) is 18.2 Å². The fourth-order valence-corrected chi connectivity index (χ4v) is 2.00. The second-order valence-corrected chi connectivity index (χ2v) is 3.46. The van der Waals surface area contributed by atoms with Gasteiger partial charge < -0.3 is 4.74 Å². The molecule has 0 aliphatic carbocycles. The van der Waals surface area contributed by atoms with Crippen LogP contribution in [0.15, 0.2) is 27.1 Å². The van der Waals surface area contributed by atoms with Gasteiger partial charge in [-0.2, -0.15) is 0 Å². The molecule has 10 heavy (non-hydrogen) atoms. The lowest BCUT2D eigenvalue weighted by molar-refractivity contribution is 0.409. The highest BCUT2D eigenvalue weighted by Crippen LogP contribution is 2.32. The van der Waals surface area contributed by atoms with Crippen molar-refractivity contribution in [1.29, 1.82) is 0 Å². The largest absolute Gasteiger partial charge is 0.494 e. The van der Waals surface area contributed by atoms with Gasteiger partial charge >= 0.3 is 0 Å². The smallest absolute Gasteiger partial charge is 0.147 e. The molecule has 0 saturated heterocycles. The zero-order valence-corrected chi connectivity index (χ0v) is 8.57. The molecule has 0 amide bonds. The third-order valence-electron chi connectivity index (χ3n) is 1.12. The third kappa shape index (κ3) is 1.52. The van der Waals surface area contributed by atoms with Crippen molar-refractivity contribution in [2.24, 2.45) is 0 Å². The standard InChI is InChI=1S/C7H6Br2O/c1-10-7-5(8)3-2-4-6(7)9/h2-4H,1H3. The monoisotopic (exact) mass is 264 g/mol. The number of hydrogen-bond acceptors (Lipinski definition) is 1. The Morgan fingerprint density at radius 3 is 2.00 bits per heavy atom. The maximum Gasteiger partial charge on any atom is 0.147 e. The number of benzene rings is 1. The third-order valence-corrected chi connectivity index (χ3v) is 2.37. The summed E-state index contributed by atoms with van der Waals surface area (Å²) in [6, 6.07) is 5.81. The fourth-order valence-electron chi connectivity index (χ4n) is 0.678. The van der Waals surface area contributed by atoms with Gasteiger partial charge in [-0.05, 0) is 44.0 Å². The second-order valence-electron chi connectivity index (χ2n) is 1.75. The minimum absolute atomic E-state index is 0.836. The summed E-state index contributed by atoms with van der Waals surface area (Å²) in [7, 11) is 1.64. The molecule has 0 aromatic heterocycles. The minimum Gasteiger partial charge on any atom is -0.494 e. The summed E-state index contributed by atoms with van der Waals surface area (Å²) in [5.74, 6) is 0.836. The van der Waals surface area contributed by atoms with Crippen LogP contribution in [-0.2, 0) is 0 Å². The highest BCUT2D eigenvalue weighted by Gasteiger charge is 2.01. The summed E-state index contributed by atoms with van der Waals surface area (Å²) in [6.45, 7) is 0. The zero-order chi connectivity index (χ0) is 7.56. The molecule has 0 aliphatic heterocycles. The van der Waals surface area contributed by atoms with Crippen LogP contribution in [0.1, 0.15) is 0 Å². The Labute approximate surface area is 76.6 Å². The molecular weight excluding hydrogens is 260 g/mol. The van der Waals surface area contributed by atoms with E-state index < -0.39 is 0 Å². The number of para-hydroxylation sites is 1. The lowest BCUT2D eigenvalue weighted by atomic mass is 10.3. The molecule has 1 rings (SSSR count). The Balaban J connectivity index is 3.17. The molecule has 1 aromatic rings. The van der Waals surface area contributed by atoms with Crippen LogP contribution < -0.4 is 4.74 Å². The summed E-state index contributed by atoms with van der Waals surface area (Å²) in [5.41, 5.74) is 0. The van der Waals surface area contributed by atoms with Crippen LogP contribution >= 0.6 is 31.9 Å². The average Bonchev–Trinajstić information content (AvgIpc) is 1.88. The Kier molecular flexibility index (Phi) is 2.74. The van der Waals surface area contributed by atoms with Crippen LogP contribution in [0.25, 0.3) is 0 Å². The molecule has 0 aliphatic rings. The highest BCUT2D eigenvalue weighted by atomic mass is 79.9. The van der Waals surface area contributed by atoms with Gasteiger partial charge in [-0.25, -0.2) is 0 Å². The molecule has 0 unspecified atom stereocenters. The first-order chi connectivity index (χ1) is 4.75. The Morgan fingerprint density at radius 2 is 1.70 bits per heavy atom. The molecule has 0 heterocycles. The molecule has 1 aromatic carbocycles. The molecule has 0 fully saturated rings. The van der Waals surface area contributed by atoms with E-state index >= 15 is 0 Å². The fraction of sp³-hybridized carbons (Fsp3) is 0.143. The van der Waals surface area contributed by atoms with Crippen LogP contribution in [0.2, 0.25) is 0 Å². The van der Waals surface area contributed by atoms with Crippen molar-refractivity contribution in [1.82, 2.24) is 0 Å². The maximum absolute atomic E-state index is 5.08. The van der Waals surface area contributed by atoms with E-state index in [0.29, 0.717) is 0 Å². The van der Waals surface area contributed by atoms with Crippen LogP contribution in [0.5, 0.6) is 5.75 Å². The predicted molar refractivity (Wildman–Crippen MR) is 48.4 cm³/mol. The van der Waals surface area contributed by atoms with Crippen LogP contribution in [0.3, 0.4) is 0 Å². The first-order valence-corrected chi connectivity index (χ1v) is 4.32. The van der Waals surface area contributed by atoms with Crippen molar-refractivity contribution in [3.63, 3.8) is 0 Å². The molecule has 3 heteroatoms. The van der Waals surface area contributed by atoms with E-state index in [0.717, 1.165) is 14.7 Å². The Hall–Kier alpha value is -0.0200. The van der Waals surface area contributed by atoms with Crippen molar-refractivity contribution < 1.29 is 4.74 Å². The maximum atomic E-state index is 5.08. The molecule has 0 N–H and O–H groups in total. The molecule has 0 radical (unpaired) electrons. The normalized spacial score (nSPS) is 9.50. The van der Waals surface area contributed by atoms with Crippen LogP contribution in [0.4, 0.5) is 0 Å². The SMILES string of the molecule is COc1c(Br)cccc1Br. The zero-order valence-electron chi connectivity index (χ0n) is 5.40. The molecular formula is C7H6Br2O. The molecule has 0 bridgehead atoms. The number of halogens is 2. The van der Waals surface area contributed by atoms with Crippen LogP contribution in [0, 0.1) is 0 Å². The van der Waals surface area contributed by atoms with Crippen molar-refractivity contribution in [2.45, 2.75) is 0 Å². The predicted octanol–water partition coefficient (Wildman–Crippen LogP) is 3.22. The van der Waals surface area contributed by atoms with Gasteiger partial charge in [-0.15, -0.1) is 0 Å². The molecule has 0 saturated carbocycles. The van der Waals surface area contributed by atoms with Gasteiger partial charge in [0.2, 0.25) is 0 Å².